The summed E-state index contributed by atoms with van der Waals surface area (Å²) >= 11 is 0. The van der Waals surface area contributed by atoms with Crippen molar-refractivity contribution >= 4 is 11.9 Å². The first-order valence-corrected chi connectivity index (χ1v) is 7.51. The Morgan fingerprint density at radius 1 is 1.32 bits per heavy atom. The summed E-state index contributed by atoms with van der Waals surface area (Å²) in [5, 5.41) is 9.56. The van der Waals surface area contributed by atoms with Crippen LogP contribution in [0.2, 0.25) is 0 Å². The number of rotatable bonds is 7. The zero-order chi connectivity index (χ0) is 16.7. The number of aliphatic hydroxyl groups is 1. The highest BCUT2D eigenvalue weighted by atomic mass is 16.5. The molecule has 0 saturated heterocycles. The van der Waals surface area contributed by atoms with Gasteiger partial charge in [0.2, 0.25) is 0 Å². The van der Waals surface area contributed by atoms with Crippen LogP contribution in [0.3, 0.4) is 0 Å². The lowest BCUT2D eigenvalue weighted by Crippen LogP contribution is -2.46. The minimum Gasteiger partial charge on any atom is -0.469 e. The molecule has 0 aliphatic carbocycles. The average molecular weight is 307 g/mol. The molecule has 122 valence electrons. The summed E-state index contributed by atoms with van der Waals surface area (Å²) in [4.78, 5) is 26.1. The molecule has 1 rings (SSSR count). The minimum absolute atomic E-state index is 0.137. The molecule has 0 bridgehead atoms. The average Bonchev–Trinajstić information content (AvgIpc) is 2.53. The second-order valence-corrected chi connectivity index (χ2v) is 5.44. The lowest BCUT2D eigenvalue weighted by Gasteiger charge is -2.32. The normalized spacial score (nSPS) is 13.3. The molecule has 0 spiro atoms. The Balaban J connectivity index is 3.07. The van der Waals surface area contributed by atoms with Gasteiger partial charge in [0.15, 0.2) is 0 Å². The topological polar surface area (TPSA) is 66.8 Å². The molecule has 2 atom stereocenters. The number of aliphatic hydroxyl groups excluding tert-OH is 1. The van der Waals surface area contributed by atoms with Crippen LogP contribution < -0.4 is 0 Å². The van der Waals surface area contributed by atoms with E-state index in [4.69, 9.17) is 4.74 Å². The number of benzene rings is 1. The van der Waals surface area contributed by atoms with E-state index in [0.717, 1.165) is 5.56 Å². The summed E-state index contributed by atoms with van der Waals surface area (Å²) in [6.07, 6.45) is 0.613. The van der Waals surface area contributed by atoms with Crippen molar-refractivity contribution < 1.29 is 19.4 Å². The Hall–Kier alpha value is -1.88. The molecule has 5 heteroatoms. The van der Waals surface area contributed by atoms with E-state index in [1.165, 1.54) is 7.11 Å². The van der Waals surface area contributed by atoms with Crippen LogP contribution in [0.4, 0.5) is 0 Å². The van der Waals surface area contributed by atoms with E-state index >= 15 is 0 Å². The standard InChI is InChI=1S/C17H25NO4/c1-5-14(11-19)18(10-13(3)17(21)22-4)16(20)15-9-7-6-8-12(15)2/h6-9,13-14,19H,5,10-11H2,1-4H3. The van der Waals surface area contributed by atoms with Gasteiger partial charge in [0.1, 0.15) is 0 Å². The molecular weight excluding hydrogens is 282 g/mol. The summed E-state index contributed by atoms with van der Waals surface area (Å²) < 4.78 is 4.73. The Morgan fingerprint density at radius 3 is 2.45 bits per heavy atom. The number of carbonyl (C=O) groups is 2. The minimum atomic E-state index is -0.446. The Morgan fingerprint density at radius 2 is 1.95 bits per heavy atom. The maximum absolute atomic E-state index is 12.8. The molecule has 1 aromatic rings. The molecule has 0 aliphatic heterocycles. The van der Waals surface area contributed by atoms with Crippen LogP contribution in [0.5, 0.6) is 0 Å². The van der Waals surface area contributed by atoms with Gasteiger partial charge in [-0.2, -0.15) is 0 Å². The molecule has 0 saturated carbocycles. The summed E-state index contributed by atoms with van der Waals surface area (Å²) in [6, 6.07) is 6.99. The predicted molar refractivity (Wildman–Crippen MR) is 84.6 cm³/mol. The van der Waals surface area contributed by atoms with Gasteiger partial charge in [0, 0.05) is 12.1 Å². The molecule has 0 heterocycles. The second-order valence-electron chi connectivity index (χ2n) is 5.44. The third kappa shape index (κ3) is 4.31. The van der Waals surface area contributed by atoms with E-state index in [9.17, 15) is 14.7 Å². The Kier molecular flexibility index (Phi) is 7.05. The predicted octanol–water partition coefficient (Wildman–Crippen LogP) is 2.02. The van der Waals surface area contributed by atoms with Gasteiger partial charge in [0.25, 0.3) is 5.91 Å². The SMILES string of the molecule is CCC(CO)N(CC(C)C(=O)OC)C(=O)c1ccccc1C. The third-order valence-electron chi connectivity index (χ3n) is 3.83. The smallest absolute Gasteiger partial charge is 0.310 e. The Labute approximate surface area is 131 Å². The number of aryl methyl sites for hydroxylation is 1. The molecule has 2 unspecified atom stereocenters. The van der Waals surface area contributed by atoms with Gasteiger partial charge < -0.3 is 14.7 Å². The summed E-state index contributed by atoms with van der Waals surface area (Å²) in [7, 11) is 1.33. The van der Waals surface area contributed by atoms with E-state index in [2.05, 4.69) is 0 Å². The van der Waals surface area contributed by atoms with Gasteiger partial charge in [0.05, 0.1) is 25.7 Å². The lowest BCUT2D eigenvalue weighted by molar-refractivity contribution is -0.145. The molecule has 0 fully saturated rings. The number of amides is 1. The molecule has 1 amide bonds. The highest BCUT2D eigenvalue weighted by molar-refractivity contribution is 5.96. The number of esters is 1. The molecule has 22 heavy (non-hydrogen) atoms. The van der Waals surface area contributed by atoms with Gasteiger partial charge in [-0.05, 0) is 25.0 Å². The highest BCUT2D eigenvalue weighted by Gasteiger charge is 2.28. The Bertz CT molecular complexity index is 511. The number of ether oxygens (including phenoxy) is 1. The number of carbonyl (C=O) groups excluding carboxylic acids is 2. The molecule has 1 N–H and O–H groups in total. The van der Waals surface area contributed by atoms with E-state index in [-0.39, 0.29) is 31.1 Å². The molecule has 5 nitrogen and oxygen atoms in total. The second kappa shape index (κ2) is 8.54. The van der Waals surface area contributed by atoms with E-state index in [1.54, 1.807) is 17.9 Å². The van der Waals surface area contributed by atoms with Gasteiger partial charge in [-0.1, -0.05) is 32.0 Å². The van der Waals surface area contributed by atoms with Crippen LogP contribution in [0, 0.1) is 12.8 Å². The summed E-state index contributed by atoms with van der Waals surface area (Å²) in [6.45, 7) is 5.58. The van der Waals surface area contributed by atoms with Gasteiger partial charge in [-0.3, -0.25) is 9.59 Å². The molecular formula is C17H25NO4. The van der Waals surface area contributed by atoms with Crippen molar-refractivity contribution in [3.8, 4) is 0 Å². The van der Waals surface area contributed by atoms with Crippen LogP contribution in [0.25, 0.3) is 0 Å². The highest BCUT2D eigenvalue weighted by Crippen LogP contribution is 2.16. The largest absolute Gasteiger partial charge is 0.469 e. The van der Waals surface area contributed by atoms with Gasteiger partial charge in [-0.25, -0.2) is 0 Å². The maximum Gasteiger partial charge on any atom is 0.310 e. The molecule has 1 aromatic carbocycles. The van der Waals surface area contributed by atoms with Crippen molar-refractivity contribution in [3.63, 3.8) is 0 Å². The first kappa shape index (κ1) is 18.2. The first-order valence-electron chi connectivity index (χ1n) is 7.51. The van der Waals surface area contributed by atoms with Crippen molar-refractivity contribution in [3.05, 3.63) is 35.4 Å². The number of hydrogen-bond acceptors (Lipinski definition) is 4. The number of nitrogens with zero attached hydrogens (tertiary/aromatic N) is 1. The molecule has 0 aliphatic rings. The fraction of sp³-hybridized carbons (Fsp3) is 0.529. The zero-order valence-corrected chi connectivity index (χ0v) is 13.7. The first-order chi connectivity index (χ1) is 10.5. The maximum atomic E-state index is 12.8. The quantitative estimate of drug-likeness (QED) is 0.783. The molecule has 0 radical (unpaired) electrons. The fourth-order valence-electron chi connectivity index (χ4n) is 2.38. The summed E-state index contributed by atoms with van der Waals surface area (Å²) in [5.74, 6) is -0.983. The van der Waals surface area contributed by atoms with Crippen LogP contribution in [-0.2, 0) is 9.53 Å². The van der Waals surface area contributed by atoms with E-state index in [1.807, 2.05) is 32.0 Å². The van der Waals surface area contributed by atoms with Crippen LogP contribution in [-0.4, -0.2) is 48.2 Å². The van der Waals surface area contributed by atoms with Crippen LogP contribution in [0.15, 0.2) is 24.3 Å². The van der Waals surface area contributed by atoms with E-state index in [0.29, 0.717) is 12.0 Å². The van der Waals surface area contributed by atoms with Crippen molar-refractivity contribution in [2.45, 2.75) is 33.2 Å². The van der Waals surface area contributed by atoms with Crippen LogP contribution >= 0.6 is 0 Å². The van der Waals surface area contributed by atoms with E-state index < -0.39 is 5.92 Å². The number of hydrogen-bond donors (Lipinski definition) is 1. The monoisotopic (exact) mass is 307 g/mol. The van der Waals surface area contributed by atoms with Crippen molar-refractivity contribution in [1.82, 2.24) is 4.90 Å². The summed E-state index contributed by atoms with van der Waals surface area (Å²) in [5.41, 5.74) is 1.46. The van der Waals surface area contributed by atoms with Gasteiger partial charge in [-0.15, -0.1) is 0 Å². The lowest BCUT2D eigenvalue weighted by atomic mass is 10.0. The third-order valence-corrected chi connectivity index (χ3v) is 3.83. The molecule has 0 aromatic heterocycles. The van der Waals surface area contributed by atoms with Gasteiger partial charge >= 0.3 is 5.97 Å². The van der Waals surface area contributed by atoms with Crippen molar-refractivity contribution in [1.29, 1.82) is 0 Å². The number of methoxy groups -OCH3 is 1. The van der Waals surface area contributed by atoms with Crippen LogP contribution in [0.1, 0.15) is 36.2 Å². The van der Waals surface area contributed by atoms with Crippen molar-refractivity contribution in [2.24, 2.45) is 5.92 Å². The zero-order valence-electron chi connectivity index (χ0n) is 13.7. The fourth-order valence-corrected chi connectivity index (χ4v) is 2.38. The van der Waals surface area contributed by atoms with Crippen molar-refractivity contribution in [2.75, 3.05) is 20.3 Å².